The molecule has 2 unspecified atom stereocenters. The lowest BCUT2D eigenvalue weighted by Gasteiger charge is -2.35. The summed E-state index contributed by atoms with van der Waals surface area (Å²) in [5, 5.41) is 8.64. The number of carbonyl (C=O) groups excluding carboxylic acids is 2. The quantitative estimate of drug-likeness (QED) is 0.790. The van der Waals surface area contributed by atoms with Crippen LogP contribution in [-0.2, 0) is 14.4 Å². The van der Waals surface area contributed by atoms with Gasteiger partial charge in [-0.25, -0.2) is 4.79 Å². The van der Waals surface area contributed by atoms with Crippen LogP contribution in [0.5, 0.6) is 5.75 Å². The van der Waals surface area contributed by atoms with Crippen molar-refractivity contribution in [1.82, 2.24) is 4.90 Å². The van der Waals surface area contributed by atoms with Gasteiger partial charge in [-0.15, -0.1) is 0 Å². The molecule has 1 saturated heterocycles. The average molecular weight is 376 g/mol. The molecule has 2 rings (SSSR count). The molecule has 2 atom stereocenters. The predicted molar refractivity (Wildman–Crippen MR) is 102 cm³/mol. The second-order valence-electron chi connectivity index (χ2n) is 7.01. The molecular formula is C20H28N2O5. The van der Waals surface area contributed by atoms with Gasteiger partial charge in [0.25, 0.3) is 0 Å². The minimum absolute atomic E-state index is 0.0177. The number of carbonyl (C=O) groups is 3. The zero-order valence-electron chi connectivity index (χ0n) is 16.2. The van der Waals surface area contributed by atoms with Gasteiger partial charge in [-0.2, -0.15) is 0 Å². The Morgan fingerprint density at radius 2 is 1.96 bits per heavy atom. The molecule has 148 valence electrons. The Morgan fingerprint density at radius 1 is 1.30 bits per heavy atom. The highest BCUT2D eigenvalue weighted by molar-refractivity contribution is 5.95. The number of anilines is 1. The molecule has 1 N–H and O–H groups in total. The van der Waals surface area contributed by atoms with E-state index in [-0.39, 0.29) is 23.7 Å². The molecule has 27 heavy (non-hydrogen) atoms. The lowest BCUT2D eigenvalue weighted by atomic mass is 9.95. The van der Waals surface area contributed by atoms with Crippen molar-refractivity contribution in [2.24, 2.45) is 11.8 Å². The van der Waals surface area contributed by atoms with Crippen LogP contribution in [0.25, 0.3) is 0 Å². The lowest BCUT2D eigenvalue weighted by molar-refractivity contribution is -0.140. The van der Waals surface area contributed by atoms with E-state index in [4.69, 9.17) is 9.84 Å². The number of hydrogen-bond donors (Lipinski definition) is 1. The van der Waals surface area contributed by atoms with Gasteiger partial charge in [-0.05, 0) is 43.5 Å². The Hall–Kier alpha value is -2.57. The smallest absolute Gasteiger partial charge is 0.341 e. The fraction of sp³-hybridized carbons (Fsp3) is 0.550. The number of aliphatic carboxylic acids is 1. The summed E-state index contributed by atoms with van der Waals surface area (Å²) in [4.78, 5) is 39.3. The first-order chi connectivity index (χ1) is 12.8. The van der Waals surface area contributed by atoms with Gasteiger partial charge in [-0.3, -0.25) is 9.59 Å². The summed E-state index contributed by atoms with van der Waals surface area (Å²) in [5.41, 5.74) is 0.702. The van der Waals surface area contributed by atoms with Gasteiger partial charge in [0.15, 0.2) is 6.61 Å². The largest absolute Gasteiger partial charge is 0.482 e. The van der Waals surface area contributed by atoms with Crippen molar-refractivity contribution in [2.75, 3.05) is 31.6 Å². The fourth-order valence-electron chi connectivity index (χ4n) is 3.18. The molecule has 1 aromatic rings. The van der Waals surface area contributed by atoms with Crippen molar-refractivity contribution in [3.63, 3.8) is 0 Å². The van der Waals surface area contributed by atoms with Crippen LogP contribution in [0.3, 0.4) is 0 Å². The molecule has 1 aliphatic heterocycles. The number of likely N-dealkylation sites (tertiary alicyclic amines) is 1. The first kappa shape index (κ1) is 20.7. The minimum atomic E-state index is -1.04. The number of rotatable bonds is 7. The maximum atomic E-state index is 12.9. The van der Waals surface area contributed by atoms with Crippen LogP contribution in [0, 0.1) is 11.8 Å². The number of benzene rings is 1. The highest BCUT2D eigenvalue weighted by Gasteiger charge is 2.31. The van der Waals surface area contributed by atoms with E-state index in [1.165, 1.54) is 0 Å². The Kier molecular flexibility index (Phi) is 7.21. The summed E-state index contributed by atoms with van der Waals surface area (Å²) in [6, 6.07) is 6.73. The SMILES string of the molecule is CCC(C)C(=O)N1CCCC(C(=O)N(C)c2ccc(OCC(=O)O)cc2)C1. The minimum Gasteiger partial charge on any atom is -0.482 e. The number of ether oxygens (including phenoxy) is 1. The molecule has 0 bridgehead atoms. The molecule has 0 aliphatic carbocycles. The molecule has 0 spiro atoms. The maximum absolute atomic E-state index is 12.9. The Labute approximate surface area is 159 Å². The van der Waals surface area contributed by atoms with E-state index in [2.05, 4.69) is 0 Å². The molecule has 0 saturated carbocycles. The third-order valence-electron chi connectivity index (χ3n) is 5.03. The van der Waals surface area contributed by atoms with Crippen LogP contribution in [0.1, 0.15) is 33.1 Å². The topological polar surface area (TPSA) is 87.2 Å². The van der Waals surface area contributed by atoms with Gasteiger partial charge in [0.05, 0.1) is 5.92 Å². The summed E-state index contributed by atoms with van der Waals surface area (Å²) < 4.78 is 5.11. The van der Waals surface area contributed by atoms with Crippen molar-refractivity contribution in [1.29, 1.82) is 0 Å². The third-order valence-corrected chi connectivity index (χ3v) is 5.03. The monoisotopic (exact) mass is 376 g/mol. The van der Waals surface area contributed by atoms with Crippen molar-refractivity contribution in [3.05, 3.63) is 24.3 Å². The Bertz CT molecular complexity index is 673. The summed E-state index contributed by atoms with van der Waals surface area (Å²) in [5.74, 6) is -0.729. The number of hydrogen-bond acceptors (Lipinski definition) is 4. The van der Waals surface area contributed by atoms with E-state index < -0.39 is 12.6 Å². The second kappa shape index (κ2) is 9.39. The van der Waals surface area contributed by atoms with Gasteiger partial charge in [-0.1, -0.05) is 13.8 Å². The summed E-state index contributed by atoms with van der Waals surface area (Å²) in [6.45, 7) is 4.69. The third kappa shape index (κ3) is 5.45. The number of carboxylic acids is 1. The molecule has 7 nitrogen and oxygen atoms in total. The zero-order valence-corrected chi connectivity index (χ0v) is 16.2. The lowest BCUT2D eigenvalue weighted by Crippen LogP contribution is -2.47. The molecule has 0 aromatic heterocycles. The van der Waals surface area contributed by atoms with E-state index in [0.717, 1.165) is 19.3 Å². The van der Waals surface area contributed by atoms with Gasteiger partial charge < -0.3 is 19.6 Å². The van der Waals surface area contributed by atoms with Crippen molar-refractivity contribution in [2.45, 2.75) is 33.1 Å². The van der Waals surface area contributed by atoms with Crippen LogP contribution in [0.2, 0.25) is 0 Å². The molecule has 0 radical (unpaired) electrons. The van der Waals surface area contributed by atoms with Gasteiger partial charge in [0.2, 0.25) is 11.8 Å². The summed E-state index contributed by atoms with van der Waals surface area (Å²) in [7, 11) is 1.71. The highest BCUT2D eigenvalue weighted by atomic mass is 16.5. The van der Waals surface area contributed by atoms with E-state index in [1.54, 1.807) is 36.2 Å². The van der Waals surface area contributed by atoms with Crippen molar-refractivity contribution in [3.8, 4) is 5.75 Å². The summed E-state index contributed by atoms with van der Waals surface area (Å²) >= 11 is 0. The van der Waals surface area contributed by atoms with Crippen molar-refractivity contribution < 1.29 is 24.2 Å². The highest BCUT2D eigenvalue weighted by Crippen LogP contribution is 2.24. The normalized spacial score (nSPS) is 17.9. The number of piperidine rings is 1. The second-order valence-corrected chi connectivity index (χ2v) is 7.01. The molecule has 7 heteroatoms. The first-order valence-electron chi connectivity index (χ1n) is 9.34. The molecule has 1 aromatic carbocycles. The molecule has 2 amide bonds. The standard InChI is InChI=1S/C20H28N2O5/c1-4-14(2)19(25)22-11-5-6-15(12-22)20(26)21(3)16-7-9-17(10-8-16)27-13-18(23)24/h7-10,14-15H,4-6,11-13H2,1-3H3,(H,23,24). The summed E-state index contributed by atoms with van der Waals surface area (Å²) in [6.07, 6.45) is 2.39. The maximum Gasteiger partial charge on any atom is 0.341 e. The van der Waals surface area contributed by atoms with Crippen LogP contribution in [0.4, 0.5) is 5.69 Å². The average Bonchev–Trinajstić information content (AvgIpc) is 2.70. The van der Waals surface area contributed by atoms with Gasteiger partial charge in [0.1, 0.15) is 5.75 Å². The van der Waals surface area contributed by atoms with E-state index in [0.29, 0.717) is 24.5 Å². The van der Waals surface area contributed by atoms with E-state index in [9.17, 15) is 14.4 Å². The number of carboxylic acid groups (broad SMARTS) is 1. The van der Waals surface area contributed by atoms with E-state index >= 15 is 0 Å². The molecule has 1 aliphatic rings. The van der Waals surface area contributed by atoms with Crippen LogP contribution < -0.4 is 9.64 Å². The number of nitrogens with zero attached hydrogens (tertiary/aromatic N) is 2. The molecular weight excluding hydrogens is 348 g/mol. The molecule has 1 fully saturated rings. The van der Waals surface area contributed by atoms with Crippen LogP contribution >= 0.6 is 0 Å². The van der Waals surface area contributed by atoms with E-state index in [1.807, 2.05) is 18.7 Å². The first-order valence-corrected chi connectivity index (χ1v) is 9.34. The van der Waals surface area contributed by atoms with Crippen LogP contribution in [-0.4, -0.2) is 54.5 Å². The predicted octanol–water partition coefficient (Wildman–Crippen LogP) is 2.40. The Morgan fingerprint density at radius 3 is 2.56 bits per heavy atom. The van der Waals surface area contributed by atoms with Gasteiger partial charge >= 0.3 is 5.97 Å². The Balaban J connectivity index is 1.99. The van der Waals surface area contributed by atoms with Gasteiger partial charge in [0, 0.05) is 31.7 Å². The number of amides is 2. The van der Waals surface area contributed by atoms with Crippen molar-refractivity contribution >= 4 is 23.5 Å². The fourth-order valence-corrected chi connectivity index (χ4v) is 3.18. The molecule has 1 heterocycles. The zero-order chi connectivity index (χ0) is 20.0. The van der Waals surface area contributed by atoms with Crippen LogP contribution in [0.15, 0.2) is 24.3 Å².